The Hall–Kier alpha value is -2.73. The maximum atomic E-state index is 13.1. The average molecular weight is 338 g/mol. The number of hydrogen-bond donors (Lipinski definition) is 0. The molecule has 1 aromatic carbocycles. The number of ether oxygens (including phenoxy) is 1. The number of amides is 1. The number of pyridine rings is 1. The summed E-state index contributed by atoms with van der Waals surface area (Å²) in [4.78, 5) is 23.7. The van der Waals surface area contributed by atoms with Gasteiger partial charge in [0.05, 0.1) is 29.9 Å². The number of methoxy groups -OCH3 is 1. The summed E-state index contributed by atoms with van der Waals surface area (Å²) in [5.74, 6) is 0.751. The number of aromatic nitrogens is 3. The molecule has 3 rings (SSSR count). The maximum absolute atomic E-state index is 13.1. The van der Waals surface area contributed by atoms with E-state index in [1.165, 1.54) is 0 Å². The van der Waals surface area contributed by atoms with E-state index in [0.717, 1.165) is 22.3 Å². The van der Waals surface area contributed by atoms with Crippen molar-refractivity contribution in [1.82, 2.24) is 19.4 Å². The van der Waals surface area contributed by atoms with Gasteiger partial charge in [-0.2, -0.15) is 0 Å². The number of nitrogens with zero attached hydrogens (tertiary/aromatic N) is 4. The van der Waals surface area contributed by atoms with Gasteiger partial charge >= 0.3 is 0 Å². The fourth-order valence-corrected chi connectivity index (χ4v) is 2.99. The zero-order valence-corrected chi connectivity index (χ0v) is 15.0. The van der Waals surface area contributed by atoms with Gasteiger partial charge in [0.15, 0.2) is 0 Å². The van der Waals surface area contributed by atoms with Crippen LogP contribution in [0, 0.1) is 6.92 Å². The standard InChI is InChI=1S/C19H22N4O2/c1-13-14-7-5-6-8-15(14)21-16(12-25-4)18(13)19(24)23(3)11-17-20-9-10-22(17)2/h5-10H,11-12H2,1-4H3. The Morgan fingerprint density at radius 2 is 2.08 bits per heavy atom. The lowest BCUT2D eigenvalue weighted by molar-refractivity contribution is 0.0774. The maximum Gasteiger partial charge on any atom is 0.256 e. The summed E-state index contributed by atoms with van der Waals surface area (Å²) in [7, 11) is 5.31. The van der Waals surface area contributed by atoms with Crippen LogP contribution in [0.15, 0.2) is 36.7 Å². The first-order valence-electron chi connectivity index (χ1n) is 8.11. The second-order valence-electron chi connectivity index (χ2n) is 6.12. The quantitative estimate of drug-likeness (QED) is 0.718. The van der Waals surface area contributed by atoms with Crippen molar-refractivity contribution in [2.24, 2.45) is 7.05 Å². The van der Waals surface area contributed by atoms with Crippen molar-refractivity contribution >= 4 is 16.8 Å². The van der Waals surface area contributed by atoms with Gasteiger partial charge in [-0.05, 0) is 18.6 Å². The molecule has 0 spiro atoms. The highest BCUT2D eigenvalue weighted by Gasteiger charge is 2.22. The lowest BCUT2D eigenvalue weighted by Crippen LogP contribution is -2.29. The van der Waals surface area contributed by atoms with Crippen LogP contribution in [0.3, 0.4) is 0 Å². The van der Waals surface area contributed by atoms with E-state index < -0.39 is 0 Å². The summed E-state index contributed by atoms with van der Waals surface area (Å²) in [6.07, 6.45) is 3.60. The highest BCUT2D eigenvalue weighted by Crippen LogP contribution is 2.24. The molecule has 0 N–H and O–H groups in total. The molecule has 0 bridgehead atoms. The lowest BCUT2D eigenvalue weighted by Gasteiger charge is -2.21. The second kappa shape index (κ2) is 7.03. The Morgan fingerprint density at radius 1 is 1.32 bits per heavy atom. The summed E-state index contributed by atoms with van der Waals surface area (Å²) < 4.78 is 7.19. The number of carbonyl (C=O) groups is 1. The van der Waals surface area contributed by atoms with Crippen LogP contribution in [-0.2, 0) is 24.9 Å². The summed E-state index contributed by atoms with van der Waals surface area (Å²) in [6.45, 7) is 2.69. The number of carbonyl (C=O) groups excluding carboxylic acids is 1. The molecule has 0 saturated heterocycles. The second-order valence-corrected chi connectivity index (χ2v) is 6.12. The zero-order chi connectivity index (χ0) is 18.0. The number of benzene rings is 1. The van der Waals surface area contributed by atoms with Crippen LogP contribution in [0.4, 0.5) is 0 Å². The third-order valence-electron chi connectivity index (χ3n) is 4.37. The zero-order valence-electron chi connectivity index (χ0n) is 15.0. The fraction of sp³-hybridized carbons (Fsp3) is 0.316. The highest BCUT2D eigenvalue weighted by molar-refractivity contribution is 6.01. The van der Waals surface area contributed by atoms with Crippen molar-refractivity contribution in [3.63, 3.8) is 0 Å². The van der Waals surface area contributed by atoms with E-state index in [1.54, 1.807) is 25.3 Å². The average Bonchev–Trinajstić information content (AvgIpc) is 3.00. The van der Waals surface area contributed by atoms with Crippen LogP contribution in [0.5, 0.6) is 0 Å². The molecule has 6 heteroatoms. The van der Waals surface area contributed by atoms with E-state index in [4.69, 9.17) is 4.74 Å². The molecule has 0 aliphatic carbocycles. The summed E-state index contributed by atoms with van der Waals surface area (Å²) in [5.41, 5.74) is 3.07. The molecule has 0 radical (unpaired) electrons. The molecule has 6 nitrogen and oxygen atoms in total. The minimum Gasteiger partial charge on any atom is -0.378 e. The van der Waals surface area contributed by atoms with Crippen LogP contribution in [0.2, 0.25) is 0 Å². The molecule has 25 heavy (non-hydrogen) atoms. The summed E-state index contributed by atoms with van der Waals surface area (Å²) in [5, 5.41) is 0.982. The van der Waals surface area contributed by atoms with Gasteiger partial charge < -0.3 is 14.2 Å². The van der Waals surface area contributed by atoms with Gasteiger partial charge in [0, 0.05) is 39.0 Å². The number of imidazole rings is 1. The predicted octanol–water partition coefficient (Wildman–Crippen LogP) is 2.70. The minimum absolute atomic E-state index is 0.0780. The number of aryl methyl sites for hydroxylation is 2. The molecule has 3 aromatic rings. The van der Waals surface area contributed by atoms with Crippen molar-refractivity contribution in [2.45, 2.75) is 20.1 Å². The van der Waals surface area contributed by atoms with E-state index in [-0.39, 0.29) is 5.91 Å². The fourth-order valence-electron chi connectivity index (χ4n) is 2.99. The van der Waals surface area contributed by atoms with Crippen LogP contribution < -0.4 is 0 Å². The SMILES string of the molecule is COCc1nc2ccccc2c(C)c1C(=O)N(C)Cc1nccn1C. The van der Waals surface area contributed by atoms with Gasteiger partial charge in [0.1, 0.15) is 5.82 Å². The topological polar surface area (TPSA) is 60.2 Å². The van der Waals surface area contributed by atoms with E-state index in [9.17, 15) is 4.79 Å². The summed E-state index contributed by atoms with van der Waals surface area (Å²) >= 11 is 0. The Bertz CT molecular complexity index is 917. The molecular formula is C19H22N4O2. The molecule has 0 unspecified atom stereocenters. The van der Waals surface area contributed by atoms with Crippen LogP contribution in [-0.4, -0.2) is 39.5 Å². The predicted molar refractivity (Wildman–Crippen MR) is 96.2 cm³/mol. The number of para-hydroxylation sites is 1. The largest absolute Gasteiger partial charge is 0.378 e. The molecule has 130 valence electrons. The smallest absolute Gasteiger partial charge is 0.256 e. The number of hydrogen-bond acceptors (Lipinski definition) is 4. The first kappa shape index (κ1) is 17.1. The van der Waals surface area contributed by atoms with E-state index in [1.807, 2.05) is 49.0 Å². The third kappa shape index (κ3) is 3.25. The van der Waals surface area contributed by atoms with Gasteiger partial charge in [-0.3, -0.25) is 4.79 Å². The molecular weight excluding hydrogens is 316 g/mol. The molecule has 0 atom stereocenters. The molecule has 2 aromatic heterocycles. The van der Waals surface area contributed by atoms with Crippen molar-refractivity contribution in [2.75, 3.05) is 14.2 Å². The van der Waals surface area contributed by atoms with Crippen molar-refractivity contribution in [3.05, 3.63) is 59.3 Å². The van der Waals surface area contributed by atoms with E-state index in [0.29, 0.717) is 24.4 Å². The molecule has 0 aliphatic heterocycles. The Kier molecular flexibility index (Phi) is 4.81. The number of rotatable bonds is 5. The van der Waals surface area contributed by atoms with Crippen molar-refractivity contribution in [1.29, 1.82) is 0 Å². The first-order valence-corrected chi connectivity index (χ1v) is 8.11. The van der Waals surface area contributed by atoms with Crippen LogP contribution in [0.1, 0.15) is 27.4 Å². The molecule has 0 fully saturated rings. The summed E-state index contributed by atoms with van der Waals surface area (Å²) in [6, 6.07) is 7.84. The van der Waals surface area contributed by atoms with Crippen molar-refractivity contribution < 1.29 is 9.53 Å². The molecule has 1 amide bonds. The van der Waals surface area contributed by atoms with Gasteiger partial charge in [-0.1, -0.05) is 18.2 Å². The van der Waals surface area contributed by atoms with Gasteiger partial charge in [-0.25, -0.2) is 9.97 Å². The monoisotopic (exact) mass is 338 g/mol. The van der Waals surface area contributed by atoms with Gasteiger partial charge in [0.2, 0.25) is 0 Å². The Morgan fingerprint density at radius 3 is 2.76 bits per heavy atom. The Balaban J connectivity index is 2.03. The molecule has 0 saturated carbocycles. The normalized spacial score (nSPS) is 11.0. The van der Waals surface area contributed by atoms with E-state index >= 15 is 0 Å². The Labute approximate surface area is 147 Å². The number of fused-ring (bicyclic) bond motifs is 1. The van der Waals surface area contributed by atoms with Crippen molar-refractivity contribution in [3.8, 4) is 0 Å². The van der Waals surface area contributed by atoms with Gasteiger partial charge in [-0.15, -0.1) is 0 Å². The van der Waals surface area contributed by atoms with E-state index in [2.05, 4.69) is 9.97 Å². The lowest BCUT2D eigenvalue weighted by atomic mass is 10.0. The first-order chi connectivity index (χ1) is 12.0. The third-order valence-corrected chi connectivity index (χ3v) is 4.37. The van der Waals surface area contributed by atoms with Crippen LogP contribution >= 0.6 is 0 Å². The molecule has 2 heterocycles. The van der Waals surface area contributed by atoms with Crippen LogP contribution in [0.25, 0.3) is 10.9 Å². The minimum atomic E-state index is -0.0780. The van der Waals surface area contributed by atoms with Gasteiger partial charge in [0.25, 0.3) is 5.91 Å². The molecule has 0 aliphatic rings. The highest BCUT2D eigenvalue weighted by atomic mass is 16.5.